The fourth-order valence-corrected chi connectivity index (χ4v) is 3.56. The summed E-state index contributed by atoms with van der Waals surface area (Å²) in [6.07, 6.45) is 2.32. The van der Waals surface area contributed by atoms with Crippen LogP contribution in [0.25, 0.3) is 10.3 Å². The van der Waals surface area contributed by atoms with E-state index in [1.807, 2.05) is 13.8 Å². The van der Waals surface area contributed by atoms with Gasteiger partial charge < -0.3 is 20.1 Å². The van der Waals surface area contributed by atoms with Crippen molar-refractivity contribution in [2.45, 2.75) is 26.6 Å². The van der Waals surface area contributed by atoms with E-state index in [1.54, 1.807) is 7.11 Å². The topological polar surface area (TPSA) is 98.3 Å². The third-order valence-corrected chi connectivity index (χ3v) is 5.00. The van der Waals surface area contributed by atoms with Crippen LogP contribution in [0.1, 0.15) is 23.6 Å². The van der Waals surface area contributed by atoms with Crippen LogP contribution in [0.5, 0.6) is 5.88 Å². The largest absolute Gasteiger partial charge is 0.415 e. The van der Waals surface area contributed by atoms with E-state index in [0.717, 1.165) is 16.0 Å². The number of aromatic nitrogens is 3. The van der Waals surface area contributed by atoms with Gasteiger partial charge in [0.05, 0.1) is 34.9 Å². The van der Waals surface area contributed by atoms with E-state index in [2.05, 4.69) is 30.3 Å². The van der Waals surface area contributed by atoms with E-state index in [-0.39, 0.29) is 16.8 Å². The van der Waals surface area contributed by atoms with E-state index in [9.17, 15) is 13.6 Å². The Morgan fingerprint density at radius 3 is 2.69 bits per heavy atom. The monoisotopic (exact) mass is 443 g/mol. The van der Waals surface area contributed by atoms with E-state index in [0.29, 0.717) is 16.8 Å². The quantitative estimate of drug-likeness (QED) is 0.556. The summed E-state index contributed by atoms with van der Waals surface area (Å²) in [5.41, 5.74) is 1.95. The van der Waals surface area contributed by atoms with E-state index in [4.69, 9.17) is 16.3 Å². The highest BCUT2D eigenvalue weighted by atomic mass is 35.5. The number of fused-ring (bicyclic) bond motifs is 1. The molecule has 2 amide bonds. The van der Waals surface area contributed by atoms with Crippen molar-refractivity contribution in [2.24, 2.45) is 0 Å². The van der Waals surface area contributed by atoms with Crippen LogP contribution in [0.4, 0.5) is 25.0 Å². The van der Waals surface area contributed by atoms with Gasteiger partial charge >= 0.3 is 12.6 Å². The molecule has 0 bridgehead atoms. The number of nitrogens with zero attached hydrogens (tertiary/aromatic N) is 3. The Morgan fingerprint density at radius 1 is 1.28 bits per heavy atom. The normalized spacial score (nSPS) is 12.2. The summed E-state index contributed by atoms with van der Waals surface area (Å²) in [6.45, 7) is 0.642. The smallest absolute Gasteiger partial charge is 0.388 e. The number of ether oxygens (including phenoxy) is 2. The number of thiazole rings is 1. The Bertz CT molecular complexity index is 1050. The molecule has 3 heterocycles. The first kappa shape index (κ1) is 21.1. The SMILES string of the molecule is COC(C)c1c(NC(=O)Nc2cnc(OC(F)F)c(Cl)c2)cnc2sc(C)nc12. The van der Waals surface area contributed by atoms with Crippen molar-refractivity contribution >= 4 is 50.7 Å². The highest BCUT2D eigenvalue weighted by Crippen LogP contribution is 2.34. The molecule has 1 unspecified atom stereocenters. The van der Waals surface area contributed by atoms with Gasteiger partial charge in [-0.15, -0.1) is 0 Å². The van der Waals surface area contributed by atoms with Crippen LogP contribution in [0.15, 0.2) is 18.5 Å². The molecular formula is C17H16ClF2N5O3S. The Morgan fingerprint density at radius 2 is 2.03 bits per heavy atom. The third kappa shape index (κ3) is 4.86. The standard InChI is InChI=1S/C17H16ClF2N5O3S/c1-7(27-3)12-11(6-22-15-13(12)23-8(2)29-15)25-17(26)24-9-4-10(18)14(21-5-9)28-16(19)20/h4-7,16H,1-3H3,(H2,24,25,26). The molecule has 0 saturated heterocycles. The molecule has 0 aliphatic heterocycles. The number of halogens is 3. The van der Waals surface area contributed by atoms with Crippen molar-refractivity contribution in [1.29, 1.82) is 0 Å². The number of amides is 2. The zero-order valence-corrected chi connectivity index (χ0v) is 17.1. The Hall–Kier alpha value is -2.63. The molecule has 0 radical (unpaired) electrons. The lowest BCUT2D eigenvalue weighted by atomic mass is 10.1. The Labute approximate surface area is 173 Å². The molecule has 0 fully saturated rings. The Balaban J connectivity index is 1.82. The van der Waals surface area contributed by atoms with Crippen LogP contribution in [-0.4, -0.2) is 34.7 Å². The predicted molar refractivity (Wildman–Crippen MR) is 106 cm³/mol. The van der Waals surface area contributed by atoms with Gasteiger partial charge in [-0.2, -0.15) is 8.78 Å². The maximum Gasteiger partial charge on any atom is 0.388 e. The number of carbonyl (C=O) groups excluding carboxylic acids is 1. The molecule has 2 N–H and O–H groups in total. The number of pyridine rings is 2. The number of alkyl halides is 2. The van der Waals surface area contributed by atoms with E-state index in [1.165, 1.54) is 23.6 Å². The summed E-state index contributed by atoms with van der Waals surface area (Å²) in [7, 11) is 1.55. The lowest BCUT2D eigenvalue weighted by molar-refractivity contribution is -0.0527. The molecule has 3 aromatic rings. The molecule has 8 nitrogen and oxygen atoms in total. The third-order valence-electron chi connectivity index (χ3n) is 3.85. The molecule has 154 valence electrons. The number of nitrogens with one attached hydrogen (secondary N) is 2. The molecule has 12 heteroatoms. The lowest BCUT2D eigenvalue weighted by Gasteiger charge is -2.16. The second-order valence-corrected chi connectivity index (χ2v) is 7.41. The number of aryl methyl sites for hydroxylation is 1. The molecular weight excluding hydrogens is 428 g/mol. The zero-order chi connectivity index (χ0) is 21.1. The summed E-state index contributed by atoms with van der Waals surface area (Å²) in [5.74, 6) is -0.433. The molecule has 3 rings (SSSR count). The first-order chi connectivity index (χ1) is 13.8. The summed E-state index contributed by atoms with van der Waals surface area (Å²) in [6, 6.07) is 0.638. The fourth-order valence-electron chi connectivity index (χ4n) is 2.58. The number of urea groups is 1. The maximum absolute atomic E-state index is 12.4. The number of hydrogen-bond acceptors (Lipinski definition) is 7. The average Bonchev–Trinajstić information content (AvgIpc) is 3.03. The predicted octanol–water partition coefficient (Wildman–Crippen LogP) is 5.00. The number of methoxy groups -OCH3 is 1. The summed E-state index contributed by atoms with van der Waals surface area (Å²) >= 11 is 7.28. The van der Waals surface area contributed by atoms with Crippen molar-refractivity contribution in [3.8, 4) is 5.88 Å². The van der Waals surface area contributed by atoms with E-state index < -0.39 is 18.5 Å². The van der Waals surface area contributed by atoms with Crippen molar-refractivity contribution in [3.05, 3.63) is 34.1 Å². The van der Waals surface area contributed by atoms with Crippen LogP contribution in [0.3, 0.4) is 0 Å². The van der Waals surface area contributed by atoms with Gasteiger partial charge in [0, 0.05) is 12.7 Å². The minimum atomic E-state index is -3.06. The summed E-state index contributed by atoms with van der Waals surface area (Å²) < 4.78 is 34.1. The van der Waals surface area contributed by atoms with Gasteiger partial charge in [0.2, 0.25) is 5.88 Å². The van der Waals surface area contributed by atoms with Gasteiger partial charge in [0.1, 0.15) is 15.4 Å². The number of hydrogen-bond donors (Lipinski definition) is 2. The first-order valence-electron chi connectivity index (χ1n) is 8.25. The minimum absolute atomic E-state index is 0.169. The van der Waals surface area contributed by atoms with Crippen molar-refractivity contribution in [2.75, 3.05) is 17.7 Å². The zero-order valence-electron chi connectivity index (χ0n) is 15.5. The van der Waals surface area contributed by atoms with Crippen LogP contribution in [0, 0.1) is 6.92 Å². The molecule has 0 saturated carbocycles. The molecule has 0 aromatic carbocycles. The highest BCUT2D eigenvalue weighted by Gasteiger charge is 2.20. The molecule has 3 aromatic heterocycles. The van der Waals surface area contributed by atoms with Crippen LogP contribution < -0.4 is 15.4 Å². The van der Waals surface area contributed by atoms with Gasteiger partial charge in [-0.3, -0.25) is 0 Å². The molecule has 0 spiro atoms. The van der Waals surface area contributed by atoms with Gasteiger partial charge in [-0.1, -0.05) is 22.9 Å². The highest BCUT2D eigenvalue weighted by molar-refractivity contribution is 7.18. The minimum Gasteiger partial charge on any atom is -0.415 e. The first-order valence-corrected chi connectivity index (χ1v) is 9.45. The molecule has 0 aliphatic rings. The average molecular weight is 444 g/mol. The van der Waals surface area contributed by atoms with Gasteiger partial charge in [0.25, 0.3) is 0 Å². The van der Waals surface area contributed by atoms with Crippen LogP contribution >= 0.6 is 22.9 Å². The second kappa shape index (κ2) is 8.80. The van der Waals surface area contributed by atoms with Crippen molar-refractivity contribution < 1.29 is 23.0 Å². The van der Waals surface area contributed by atoms with Gasteiger partial charge in [0.15, 0.2) is 0 Å². The fraction of sp³-hybridized carbons (Fsp3) is 0.294. The van der Waals surface area contributed by atoms with Gasteiger partial charge in [-0.05, 0) is 19.9 Å². The second-order valence-electron chi connectivity index (χ2n) is 5.82. The number of rotatable bonds is 6. The molecule has 29 heavy (non-hydrogen) atoms. The molecule has 0 aliphatic carbocycles. The van der Waals surface area contributed by atoms with Crippen LogP contribution in [0.2, 0.25) is 5.02 Å². The van der Waals surface area contributed by atoms with Crippen LogP contribution in [-0.2, 0) is 4.74 Å². The Kier molecular flexibility index (Phi) is 6.40. The van der Waals surface area contributed by atoms with Crippen molar-refractivity contribution in [1.82, 2.24) is 15.0 Å². The van der Waals surface area contributed by atoms with Gasteiger partial charge in [-0.25, -0.2) is 19.7 Å². The molecule has 1 atom stereocenters. The summed E-state index contributed by atoms with van der Waals surface area (Å²) in [5, 5.41) is 5.88. The van der Waals surface area contributed by atoms with Crippen molar-refractivity contribution in [3.63, 3.8) is 0 Å². The number of carbonyl (C=O) groups is 1. The summed E-state index contributed by atoms with van der Waals surface area (Å²) in [4.78, 5) is 25.6. The number of anilines is 2. The lowest BCUT2D eigenvalue weighted by Crippen LogP contribution is -2.21. The van der Waals surface area contributed by atoms with E-state index >= 15 is 0 Å². The maximum atomic E-state index is 12.4.